The van der Waals surface area contributed by atoms with E-state index in [9.17, 15) is 9.59 Å². The van der Waals surface area contributed by atoms with Crippen LogP contribution in [0.3, 0.4) is 0 Å². The van der Waals surface area contributed by atoms with Crippen molar-refractivity contribution < 1.29 is 14.7 Å². The summed E-state index contributed by atoms with van der Waals surface area (Å²) >= 11 is 0. The standard InChI is InChI=1S/C7H12N2O3/c8-3-1-2-4-5(10)7(4,9)6(11)12/h4H,1-3,8-9H2,(H,11,12)/t4?,7-/m0/s1. The predicted molar refractivity (Wildman–Crippen MR) is 41.3 cm³/mol. The molecule has 0 aliphatic heterocycles. The largest absolute Gasteiger partial charge is 0.480 e. The molecule has 0 spiro atoms. The molecule has 5 nitrogen and oxygen atoms in total. The molecule has 1 aliphatic carbocycles. The Morgan fingerprint density at radius 2 is 2.25 bits per heavy atom. The summed E-state index contributed by atoms with van der Waals surface area (Å²) in [6, 6.07) is 0. The number of rotatable bonds is 4. The van der Waals surface area contributed by atoms with Crippen molar-refractivity contribution in [1.82, 2.24) is 0 Å². The second-order valence-electron chi connectivity index (χ2n) is 3.02. The van der Waals surface area contributed by atoms with Crippen molar-refractivity contribution in [3.8, 4) is 0 Å². The predicted octanol–water partition coefficient (Wildman–Crippen LogP) is -1.29. The van der Waals surface area contributed by atoms with Gasteiger partial charge in [0.05, 0.1) is 5.92 Å². The number of carboxylic acid groups (broad SMARTS) is 1. The second-order valence-corrected chi connectivity index (χ2v) is 3.02. The lowest BCUT2D eigenvalue weighted by Crippen LogP contribution is -2.37. The van der Waals surface area contributed by atoms with E-state index in [2.05, 4.69) is 0 Å². The van der Waals surface area contributed by atoms with Crippen LogP contribution in [-0.4, -0.2) is 28.9 Å². The van der Waals surface area contributed by atoms with Gasteiger partial charge in [0.15, 0.2) is 11.3 Å². The van der Waals surface area contributed by atoms with E-state index in [1.54, 1.807) is 0 Å². The van der Waals surface area contributed by atoms with Crippen LogP contribution in [0.5, 0.6) is 0 Å². The van der Waals surface area contributed by atoms with Crippen LogP contribution in [0.25, 0.3) is 0 Å². The van der Waals surface area contributed by atoms with Crippen molar-refractivity contribution in [3.05, 3.63) is 0 Å². The van der Waals surface area contributed by atoms with Gasteiger partial charge in [-0.25, -0.2) is 4.79 Å². The van der Waals surface area contributed by atoms with E-state index in [0.717, 1.165) is 0 Å². The molecule has 1 saturated carbocycles. The number of Topliss-reactive ketones (excluding diaryl/α,β-unsaturated/α-hetero) is 1. The molecule has 1 rings (SSSR count). The minimum atomic E-state index is -1.60. The fourth-order valence-corrected chi connectivity index (χ4v) is 1.32. The van der Waals surface area contributed by atoms with Gasteiger partial charge in [0.1, 0.15) is 0 Å². The van der Waals surface area contributed by atoms with Gasteiger partial charge in [-0.3, -0.25) is 4.79 Å². The molecule has 0 bridgehead atoms. The smallest absolute Gasteiger partial charge is 0.332 e. The Labute approximate surface area is 69.7 Å². The fraction of sp³-hybridized carbons (Fsp3) is 0.714. The van der Waals surface area contributed by atoms with E-state index in [1.807, 2.05) is 0 Å². The zero-order chi connectivity index (χ0) is 9.35. The Bertz CT molecular complexity index is 229. The monoisotopic (exact) mass is 172 g/mol. The highest BCUT2D eigenvalue weighted by Gasteiger charge is 2.67. The molecule has 68 valence electrons. The Balaban J connectivity index is 2.52. The first-order chi connectivity index (χ1) is 5.55. The molecule has 0 radical (unpaired) electrons. The van der Waals surface area contributed by atoms with Gasteiger partial charge in [0, 0.05) is 0 Å². The summed E-state index contributed by atoms with van der Waals surface area (Å²) in [5.41, 5.74) is 8.94. The van der Waals surface area contributed by atoms with Crippen molar-refractivity contribution >= 4 is 11.8 Å². The molecule has 0 aromatic heterocycles. The molecule has 1 aliphatic rings. The summed E-state index contributed by atoms with van der Waals surface area (Å²) in [7, 11) is 0. The normalized spacial score (nSPS) is 33.5. The lowest BCUT2D eigenvalue weighted by Gasteiger charge is -2.00. The lowest BCUT2D eigenvalue weighted by atomic mass is 10.1. The van der Waals surface area contributed by atoms with E-state index >= 15 is 0 Å². The van der Waals surface area contributed by atoms with Crippen LogP contribution in [0.15, 0.2) is 0 Å². The first-order valence-electron chi connectivity index (χ1n) is 3.81. The van der Waals surface area contributed by atoms with E-state index in [4.69, 9.17) is 16.6 Å². The Morgan fingerprint density at radius 3 is 2.58 bits per heavy atom. The number of carbonyl (C=O) groups is 2. The number of hydrogen-bond acceptors (Lipinski definition) is 4. The Hall–Kier alpha value is -0.940. The topological polar surface area (TPSA) is 106 Å². The summed E-state index contributed by atoms with van der Waals surface area (Å²) in [5, 5.41) is 8.58. The molecule has 0 saturated heterocycles. The first kappa shape index (κ1) is 9.15. The van der Waals surface area contributed by atoms with Crippen molar-refractivity contribution in [2.24, 2.45) is 17.4 Å². The van der Waals surface area contributed by atoms with Gasteiger partial charge in [0.2, 0.25) is 0 Å². The molecule has 2 atom stereocenters. The fourth-order valence-electron chi connectivity index (χ4n) is 1.32. The van der Waals surface area contributed by atoms with Crippen LogP contribution in [0.4, 0.5) is 0 Å². The average molecular weight is 172 g/mol. The minimum Gasteiger partial charge on any atom is -0.480 e. The van der Waals surface area contributed by atoms with E-state index in [-0.39, 0.29) is 5.78 Å². The molecule has 12 heavy (non-hydrogen) atoms. The second kappa shape index (κ2) is 2.84. The molecule has 1 fully saturated rings. The zero-order valence-electron chi connectivity index (χ0n) is 6.62. The van der Waals surface area contributed by atoms with Crippen LogP contribution < -0.4 is 11.5 Å². The highest BCUT2D eigenvalue weighted by atomic mass is 16.4. The molecule has 0 amide bonds. The van der Waals surface area contributed by atoms with Gasteiger partial charge in [-0.15, -0.1) is 0 Å². The maximum atomic E-state index is 10.9. The van der Waals surface area contributed by atoms with Crippen LogP contribution >= 0.6 is 0 Å². The summed E-state index contributed by atoms with van der Waals surface area (Å²) in [4.78, 5) is 21.4. The third-order valence-corrected chi connectivity index (χ3v) is 2.24. The van der Waals surface area contributed by atoms with Crippen LogP contribution in [0, 0.1) is 5.92 Å². The van der Waals surface area contributed by atoms with Crippen LogP contribution in [-0.2, 0) is 9.59 Å². The number of ketones is 1. The summed E-state index contributed by atoms with van der Waals surface area (Å²) in [5.74, 6) is -2.11. The highest BCUT2D eigenvalue weighted by molar-refractivity contribution is 6.23. The third-order valence-electron chi connectivity index (χ3n) is 2.24. The third kappa shape index (κ3) is 1.11. The molecule has 0 aromatic carbocycles. The molecule has 0 heterocycles. The highest BCUT2D eigenvalue weighted by Crippen LogP contribution is 2.39. The van der Waals surface area contributed by atoms with Gasteiger partial charge < -0.3 is 16.6 Å². The summed E-state index contributed by atoms with van der Waals surface area (Å²) in [6.45, 7) is 0.458. The van der Waals surface area contributed by atoms with Gasteiger partial charge in [-0.05, 0) is 19.4 Å². The minimum absolute atomic E-state index is 0.372. The number of carbonyl (C=O) groups excluding carboxylic acids is 1. The molecular weight excluding hydrogens is 160 g/mol. The molecule has 0 aromatic rings. The number of hydrogen-bond donors (Lipinski definition) is 3. The van der Waals surface area contributed by atoms with Gasteiger partial charge >= 0.3 is 5.97 Å². The van der Waals surface area contributed by atoms with Crippen molar-refractivity contribution in [1.29, 1.82) is 0 Å². The number of nitrogens with two attached hydrogens (primary N) is 2. The van der Waals surface area contributed by atoms with E-state index in [1.165, 1.54) is 0 Å². The maximum absolute atomic E-state index is 10.9. The SMILES string of the molecule is NCCCC1C(=O)[C@]1(N)C(=O)O. The van der Waals surface area contributed by atoms with Gasteiger partial charge in [0.25, 0.3) is 0 Å². The maximum Gasteiger partial charge on any atom is 0.332 e. The van der Waals surface area contributed by atoms with Crippen LogP contribution in [0.2, 0.25) is 0 Å². The van der Waals surface area contributed by atoms with Crippen molar-refractivity contribution in [3.63, 3.8) is 0 Å². The first-order valence-corrected chi connectivity index (χ1v) is 3.81. The molecule has 5 heteroatoms. The quantitative estimate of drug-likeness (QED) is 0.457. The van der Waals surface area contributed by atoms with Gasteiger partial charge in [-0.1, -0.05) is 0 Å². The summed E-state index contributed by atoms with van der Waals surface area (Å²) in [6.07, 6.45) is 1.13. The molecule has 5 N–H and O–H groups in total. The van der Waals surface area contributed by atoms with Crippen molar-refractivity contribution in [2.75, 3.05) is 6.54 Å². The van der Waals surface area contributed by atoms with Crippen LogP contribution in [0.1, 0.15) is 12.8 Å². The summed E-state index contributed by atoms with van der Waals surface area (Å²) < 4.78 is 0. The van der Waals surface area contributed by atoms with Gasteiger partial charge in [-0.2, -0.15) is 0 Å². The Morgan fingerprint density at radius 1 is 1.67 bits per heavy atom. The average Bonchev–Trinajstić information content (AvgIpc) is 2.54. The molecular formula is C7H12N2O3. The lowest BCUT2D eigenvalue weighted by molar-refractivity contribution is -0.141. The molecule has 1 unspecified atom stereocenters. The number of aliphatic carboxylic acids is 1. The zero-order valence-corrected chi connectivity index (χ0v) is 6.62. The van der Waals surface area contributed by atoms with E-state index < -0.39 is 17.4 Å². The Kier molecular flexibility index (Phi) is 2.16. The van der Waals surface area contributed by atoms with E-state index in [0.29, 0.717) is 19.4 Å². The number of carboxylic acids is 1. The van der Waals surface area contributed by atoms with Crippen molar-refractivity contribution in [2.45, 2.75) is 18.4 Å².